The summed E-state index contributed by atoms with van der Waals surface area (Å²) in [5, 5.41) is 23.0. The largest absolute Gasteiger partial charge is 0.616 e. The lowest BCUT2D eigenvalue weighted by Gasteiger charge is -2.17. The topological polar surface area (TPSA) is 122 Å². The summed E-state index contributed by atoms with van der Waals surface area (Å²) in [5.41, 5.74) is 0.800. The van der Waals surface area contributed by atoms with Crippen LogP contribution in [0.5, 0.6) is 0 Å². The van der Waals surface area contributed by atoms with Gasteiger partial charge in [0.1, 0.15) is 5.04 Å². The third-order valence-electron chi connectivity index (χ3n) is 4.09. The van der Waals surface area contributed by atoms with Crippen LogP contribution < -0.4 is 5.11 Å². The zero-order valence-corrected chi connectivity index (χ0v) is 15.4. The number of ether oxygens (including phenoxy) is 1. The number of nitrogens with zero attached hydrogens (tertiary/aromatic N) is 2. The Hall–Kier alpha value is -2.33. The van der Waals surface area contributed by atoms with E-state index in [1.807, 2.05) is 0 Å². The van der Waals surface area contributed by atoms with Gasteiger partial charge in [0, 0.05) is 17.7 Å². The maximum absolute atomic E-state index is 12.6. The summed E-state index contributed by atoms with van der Waals surface area (Å²) in [6.45, 7) is 0. The van der Waals surface area contributed by atoms with Crippen molar-refractivity contribution in [1.82, 2.24) is 0 Å². The molecular weight excluding hydrogens is 380 g/mol. The van der Waals surface area contributed by atoms with E-state index < -0.39 is 20.9 Å². The number of allylic oxidation sites excluding steroid dienone is 2. The molecule has 26 heavy (non-hydrogen) atoms. The van der Waals surface area contributed by atoms with E-state index in [1.54, 1.807) is 0 Å². The van der Waals surface area contributed by atoms with Crippen LogP contribution in [0.4, 0.5) is 5.69 Å². The van der Waals surface area contributed by atoms with Crippen LogP contribution in [0, 0.1) is 10.1 Å². The molecule has 1 heterocycles. The van der Waals surface area contributed by atoms with Crippen molar-refractivity contribution < 1.29 is 23.2 Å². The number of methoxy groups -OCH3 is 1. The first-order valence-corrected chi connectivity index (χ1v) is 10.0. The molecule has 0 amide bonds. The van der Waals surface area contributed by atoms with Gasteiger partial charge in [0.05, 0.1) is 15.8 Å². The number of hydrogen-bond acceptors (Lipinski definition) is 7. The van der Waals surface area contributed by atoms with Crippen LogP contribution in [0.2, 0.25) is 0 Å². The van der Waals surface area contributed by atoms with Gasteiger partial charge in [-0.2, -0.15) is 12.8 Å². The fourth-order valence-electron chi connectivity index (χ4n) is 2.83. The number of thioether (sulfide) groups is 1. The predicted octanol–water partition coefficient (Wildman–Crippen LogP) is 2.48. The molecule has 0 saturated heterocycles. The Bertz CT molecular complexity index is 945. The zero-order valence-electron chi connectivity index (χ0n) is 13.8. The zero-order chi connectivity index (χ0) is 18.9. The Morgan fingerprint density at radius 1 is 1.23 bits per heavy atom. The Balaban J connectivity index is 2.01. The molecule has 0 fully saturated rings. The van der Waals surface area contributed by atoms with E-state index in [0.29, 0.717) is 6.42 Å². The van der Waals surface area contributed by atoms with Crippen molar-refractivity contribution in [2.75, 3.05) is 7.11 Å². The average molecular weight is 395 g/mol. The van der Waals surface area contributed by atoms with Crippen molar-refractivity contribution in [3.05, 3.63) is 56.4 Å². The van der Waals surface area contributed by atoms with Crippen LogP contribution in [-0.4, -0.2) is 25.5 Å². The predicted molar refractivity (Wildman–Crippen MR) is 94.8 cm³/mol. The van der Waals surface area contributed by atoms with Crippen LogP contribution in [0.25, 0.3) is 0 Å². The van der Waals surface area contributed by atoms with E-state index in [-0.39, 0.29) is 21.2 Å². The first-order chi connectivity index (χ1) is 12.3. The minimum absolute atomic E-state index is 0.0992. The molecule has 0 unspecified atom stereocenters. The summed E-state index contributed by atoms with van der Waals surface area (Å²) >= 11 is 1.18. The lowest BCUT2D eigenvalue weighted by Crippen LogP contribution is -2.14. The quantitative estimate of drug-likeness (QED) is 0.436. The van der Waals surface area contributed by atoms with E-state index in [0.717, 1.165) is 54.0 Å². The van der Waals surface area contributed by atoms with E-state index in [9.17, 15) is 23.6 Å². The average Bonchev–Trinajstić information content (AvgIpc) is 2.98. The van der Waals surface area contributed by atoms with E-state index >= 15 is 0 Å². The highest BCUT2D eigenvalue weighted by molar-refractivity contribution is 8.18. The van der Waals surface area contributed by atoms with Crippen molar-refractivity contribution in [3.63, 3.8) is 0 Å². The van der Waals surface area contributed by atoms with Crippen molar-refractivity contribution >= 4 is 32.5 Å². The van der Waals surface area contributed by atoms with Crippen molar-refractivity contribution in [2.24, 2.45) is 4.40 Å². The number of benzene rings is 1. The van der Waals surface area contributed by atoms with Gasteiger partial charge in [-0.15, -0.1) is 0 Å². The second-order valence-electron chi connectivity index (χ2n) is 5.70. The lowest BCUT2D eigenvalue weighted by atomic mass is 9.94. The lowest BCUT2D eigenvalue weighted by molar-refractivity contribution is -0.384. The number of nitro groups is 1. The molecule has 8 nitrogen and oxygen atoms in total. The molecule has 1 aromatic carbocycles. The summed E-state index contributed by atoms with van der Waals surface area (Å²) < 4.78 is 33.8. The maximum atomic E-state index is 12.6. The molecule has 0 radical (unpaired) electrons. The molecule has 1 aromatic rings. The van der Waals surface area contributed by atoms with Gasteiger partial charge in [0.2, 0.25) is 0 Å². The standard InChI is InChI=1S/C16H16N2O6S2/c1-24-16(19)14-12-4-2-3-5-13(12)25-15(14)17-26(22,23)11-8-6-10(7-9-11)18(20)21/h6-9,19H,2-5H2,1H3/p-1. The highest BCUT2D eigenvalue weighted by atomic mass is 32.2. The van der Waals surface area contributed by atoms with Crippen molar-refractivity contribution in [2.45, 2.75) is 30.6 Å². The molecule has 1 aliphatic heterocycles. The van der Waals surface area contributed by atoms with Crippen molar-refractivity contribution in [3.8, 4) is 0 Å². The molecule has 1 aliphatic carbocycles. The normalized spacial score (nSPS) is 20.9. The SMILES string of the molecule is COC([O-])=C1C(=NS(=O)(=O)c2ccc([N+](=O)[O-])cc2)SC2=C1CCCC2. The highest BCUT2D eigenvalue weighted by Crippen LogP contribution is 2.46. The molecule has 10 heteroatoms. The number of hydrogen-bond donors (Lipinski definition) is 0. The first-order valence-electron chi connectivity index (χ1n) is 7.79. The van der Waals surface area contributed by atoms with Crippen molar-refractivity contribution in [1.29, 1.82) is 0 Å². The molecule has 138 valence electrons. The number of sulfonamides is 1. The second-order valence-corrected chi connectivity index (χ2v) is 8.39. The Morgan fingerprint density at radius 2 is 1.88 bits per heavy atom. The third kappa shape index (κ3) is 3.47. The van der Waals surface area contributed by atoms with Crippen LogP contribution in [0.1, 0.15) is 25.7 Å². The van der Waals surface area contributed by atoms with Crippen LogP contribution in [0.3, 0.4) is 0 Å². The third-order valence-corrected chi connectivity index (χ3v) is 6.68. The molecule has 0 atom stereocenters. The number of nitro benzene ring substituents is 1. The van der Waals surface area contributed by atoms with Gasteiger partial charge in [-0.1, -0.05) is 11.8 Å². The van der Waals surface area contributed by atoms with Crippen LogP contribution in [0.15, 0.2) is 55.6 Å². The van der Waals surface area contributed by atoms with E-state index in [2.05, 4.69) is 4.40 Å². The molecular formula is C16H15N2O6S2-. The minimum atomic E-state index is -4.11. The fourth-order valence-corrected chi connectivity index (χ4v) is 5.28. The van der Waals surface area contributed by atoms with Crippen LogP contribution in [-0.2, 0) is 14.8 Å². The molecule has 3 rings (SSSR count). The number of rotatable bonds is 4. The molecule has 0 N–H and O–H groups in total. The molecule has 0 bridgehead atoms. The van der Waals surface area contributed by atoms with E-state index in [1.165, 1.54) is 18.9 Å². The van der Waals surface area contributed by atoms with E-state index in [4.69, 9.17) is 4.74 Å². The monoisotopic (exact) mass is 395 g/mol. The Kier molecular flexibility index (Phi) is 5.05. The Morgan fingerprint density at radius 3 is 2.50 bits per heavy atom. The van der Waals surface area contributed by atoms with Gasteiger partial charge in [-0.3, -0.25) is 10.1 Å². The van der Waals surface area contributed by atoms with Crippen LogP contribution >= 0.6 is 11.8 Å². The summed E-state index contributed by atoms with van der Waals surface area (Å²) in [7, 11) is -2.87. The molecule has 0 spiro atoms. The number of non-ortho nitro benzene ring substituents is 1. The maximum Gasteiger partial charge on any atom is 0.283 e. The summed E-state index contributed by atoms with van der Waals surface area (Å²) in [6, 6.07) is 4.46. The fraction of sp³-hybridized carbons (Fsp3) is 0.312. The smallest absolute Gasteiger partial charge is 0.283 e. The van der Waals surface area contributed by atoms with Gasteiger partial charge < -0.3 is 9.84 Å². The highest BCUT2D eigenvalue weighted by Gasteiger charge is 2.31. The van der Waals surface area contributed by atoms with Gasteiger partial charge >= 0.3 is 0 Å². The summed E-state index contributed by atoms with van der Waals surface area (Å²) in [5.74, 6) is -0.609. The molecule has 2 aliphatic rings. The van der Waals surface area contributed by atoms with Gasteiger partial charge in [0.15, 0.2) is 0 Å². The van der Waals surface area contributed by atoms with Gasteiger partial charge in [-0.25, -0.2) is 0 Å². The first kappa shape index (κ1) is 18.5. The summed E-state index contributed by atoms with van der Waals surface area (Å²) in [4.78, 5) is 10.9. The Labute approximate surface area is 154 Å². The minimum Gasteiger partial charge on any atom is -0.616 e. The molecule has 0 saturated carbocycles. The van der Waals surface area contributed by atoms with Gasteiger partial charge in [0.25, 0.3) is 15.7 Å². The van der Waals surface area contributed by atoms with Gasteiger partial charge in [-0.05, 0) is 55.4 Å². The second kappa shape index (κ2) is 7.12. The molecule has 0 aromatic heterocycles. The summed E-state index contributed by atoms with van der Waals surface area (Å²) in [6.07, 6.45) is 3.35.